The molecule has 0 saturated carbocycles. The Hall–Kier alpha value is -1.43. The molecule has 115 valence electrons. The summed E-state index contributed by atoms with van der Waals surface area (Å²) in [5.74, 6) is -1.67. The summed E-state index contributed by atoms with van der Waals surface area (Å²) in [6.07, 6.45) is 1.80. The Bertz CT molecular complexity index is 335. The maximum absolute atomic E-state index is 11.8. The van der Waals surface area contributed by atoms with Crippen molar-refractivity contribution < 1.29 is 28.7 Å². The van der Waals surface area contributed by atoms with Crippen LogP contribution in [-0.4, -0.2) is 56.5 Å². The maximum atomic E-state index is 11.8. The van der Waals surface area contributed by atoms with Gasteiger partial charge in [0.2, 0.25) is 0 Å². The summed E-state index contributed by atoms with van der Waals surface area (Å²) in [7, 11) is 5.66. The van der Waals surface area contributed by atoms with Crippen molar-refractivity contribution in [2.45, 2.75) is 38.7 Å². The van der Waals surface area contributed by atoms with Gasteiger partial charge in [-0.2, -0.15) is 0 Å². The first kappa shape index (κ1) is 18.6. The van der Waals surface area contributed by atoms with E-state index in [2.05, 4.69) is 0 Å². The lowest BCUT2D eigenvalue weighted by molar-refractivity contribution is -0.873. The molecule has 0 aromatic heterocycles. The minimum atomic E-state index is -1.24. The second kappa shape index (κ2) is 8.68. The molecule has 0 amide bonds. The number of hydrogen-bond donors (Lipinski definition) is 0. The van der Waals surface area contributed by atoms with Crippen molar-refractivity contribution in [2.75, 3.05) is 27.7 Å². The Morgan fingerprint density at radius 2 is 1.85 bits per heavy atom. The summed E-state index contributed by atoms with van der Waals surface area (Å²) >= 11 is 0. The number of carboxylic acid groups (broad SMARTS) is 1. The van der Waals surface area contributed by atoms with Gasteiger partial charge >= 0.3 is 5.97 Å². The van der Waals surface area contributed by atoms with E-state index in [-0.39, 0.29) is 25.2 Å². The van der Waals surface area contributed by atoms with Crippen LogP contribution < -0.4 is 5.11 Å². The van der Waals surface area contributed by atoms with E-state index in [1.807, 2.05) is 28.1 Å². The summed E-state index contributed by atoms with van der Waals surface area (Å²) in [6, 6.07) is 0. The molecule has 0 spiro atoms. The minimum absolute atomic E-state index is 0.0108. The fourth-order valence-corrected chi connectivity index (χ4v) is 1.87. The van der Waals surface area contributed by atoms with Crippen LogP contribution in [0.1, 0.15) is 32.6 Å². The van der Waals surface area contributed by atoms with Gasteiger partial charge in [-0.3, -0.25) is 9.59 Å². The molecule has 1 radical (unpaired) electrons. The highest BCUT2D eigenvalue weighted by atomic mass is 16.5. The van der Waals surface area contributed by atoms with Crippen LogP contribution in [0.5, 0.6) is 0 Å². The van der Waals surface area contributed by atoms with E-state index < -0.39 is 18.0 Å². The van der Waals surface area contributed by atoms with E-state index in [0.717, 1.165) is 0 Å². The summed E-state index contributed by atoms with van der Waals surface area (Å²) in [5, 5.41) is 10.7. The number of rotatable bonds is 10. The van der Waals surface area contributed by atoms with Crippen LogP contribution in [-0.2, 0) is 19.1 Å². The first-order valence-electron chi connectivity index (χ1n) is 6.69. The van der Waals surface area contributed by atoms with Crippen LogP contribution in [0.3, 0.4) is 0 Å². The number of aliphatic carboxylic acids is 1. The third-order valence-corrected chi connectivity index (χ3v) is 2.70. The van der Waals surface area contributed by atoms with Gasteiger partial charge in [0.05, 0.1) is 21.1 Å². The molecular weight excluding hydrogens is 262 g/mol. The van der Waals surface area contributed by atoms with Crippen molar-refractivity contribution in [2.24, 2.45) is 5.92 Å². The quantitative estimate of drug-likeness (QED) is 0.405. The first-order valence-corrected chi connectivity index (χ1v) is 6.69. The molecule has 0 aromatic carbocycles. The topological polar surface area (TPSA) is 83.5 Å². The summed E-state index contributed by atoms with van der Waals surface area (Å²) in [5.41, 5.74) is 0. The zero-order valence-corrected chi connectivity index (χ0v) is 12.7. The third-order valence-electron chi connectivity index (χ3n) is 2.70. The SMILES string of the molecule is CC(CC[C]=O)CC(=O)OC(CC(=O)[O-])C[N+](C)(C)C. The Kier molecular flexibility index (Phi) is 8.06. The van der Waals surface area contributed by atoms with Gasteiger partial charge in [0, 0.05) is 25.2 Å². The van der Waals surface area contributed by atoms with Gasteiger partial charge in [-0.1, -0.05) is 6.92 Å². The second-order valence-corrected chi connectivity index (χ2v) is 6.15. The number of esters is 1. The predicted octanol–water partition coefficient (Wildman–Crippen LogP) is -0.339. The molecule has 2 atom stereocenters. The van der Waals surface area contributed by atoms with Gasteiger partial charge in [-0.15, -0.1) is 0 Å². The summed E-state index contributed by atoms with van der Waals surface area (Å²) in [6.45, 7) is 2.24. The Labute approximate surface area is 120 Å². The number of nitrogens with zero attached hydrogens (tertiary/aromatic N) is 1. The molecule has 6 nitrogen and oxygen atoms in total. The van der Waals surface area contributed by atoms with Crippen LogP contribution in [0.4, 0.5) is 0 Å². The molecule has 0 fully saturated rings. The van der Waals surface area contributed by atoms with Crippen LogP contribution in [0.15, 0.2) is 0 Å². The van der Waals surface area contributed by atoms with Gasteiger partial charge < -0.3 is 19.1 Å². The Balaban J connectivity index is 4.37. The van der Waals surface area contributed by atoms with E-state index in [9.17, 15) is 19.5 Å². The average Bonchev–Trinajstić information content (AvgIpc) is 2.22. The van der Waals surface area contributed by atoms with E-state index in [1.54, 1.807) is 6.29 Å². The zero-order chi connectivity index (χ0) is 15.8. The largest absolute Gasteiger partial charge is 0.550 e. The molecule has 0 aromatic rings. The van der Waals surface area contributed by atoms with Gasteiger partial charge in [0.15, 0.2) is 12.4 Å². The lowest BCUT2D eigenvalue weighted by Crippen LogP contribution is -2.45. The van der Waals surface area contributed by atoms with Crippen molar-refractivity contribution in [1.29, 1.82) is 0 Å². The van der Waals surface area contributed by atoms with E-state index in [4.69, 9.17) is 4.74 Å². The van der Waals surface area contributed by atoms with E-state index in [1.165, 1.54) is 0 Å². The molecular formula is C14H24NO5. The van der Waals surface area contributed by atoms with Crippen LogP contribution >= 0.6 is 0 Å². The monoisotopic (exact) mass is 286 g/mol. The summed E-state index contributed by atoms with van der Waals surface area (Å²) < 4.78 is 5.70. The molecule has 0 N–H and O–H groups in total. The average molecular weight is 286 g/mol. The van der Waals surface area contributed by atoms with Crippen molar-refractivity contribution in [3.63, 3.8) is 0 Å². The molecule has 0 rings (SSSR count). The Morgan fingerprint density at radius 1 is 1.25 bits per heavy atom. The number of carboxylic acids is 1. The molecule has 6 heteroatoms. The molecule has 20 heavy (non-hydrogen) atoms. The predicted molar refractivity (Wildman–Crippen MR) is 71.1 cm³/mol. The maximum Gasteiger partial charge on any atom is 0.306 e. The molecule has 0 heterocycles. The van der Waals surface area contributed by atoms with Crippen LogP contribution in [0, 0.1) is 5.92 Å². The normalized spacial score (nSPS) is 14.4. The minimum Gasteiger partial charge on any atom is -0.550 e. The highest BCUT2D eigenvalue weighted by molar-refractivity contribution is 5.71. The fourth-order valence-electron chi connectivity index (χ4n) is 1.87. The van der Waals surface area contributed by atoms with Crippen LogP contribution in [0.2, 0.25) is 0 Å². The van der Waals surface area contributed by atoms with Gasteiger partial charge in [0.25, 0.3) is 0 Å². The second-order valence-electron chi connectivity index (χ2n) is 6.15. The first-order chi connectivity index (χ1) is 9.14. The molecule has 0 aliphatic carbocycles. The number of quaternary nitrogens is 1. The van der Waals surface area contributed by atoms with Gasteiger partial charge in [-0.05, 0) is 12.3 Å². The third kappa shape index (κ3) is 10.5. The highest BCUT2D eigenvalue weighted by Crippen LogP contribution is 2.13. The standard InChI is InChI=1S/C14H24NO5/c1-11(6-5-7-16)8-14(19)20-12(9-13(17)18)10-15(2,3)4/h11-12H,5-6,8-10H2,1-4H3. The molecule has 0 aliphatic heterocycles. The number of carbonyl (C=O) groups is 2. The number of likely N-dealkylation sites (N-methyl/N-ethyl adjacent to an activating group) is 1. The van der Waals surface area contributed by atoms with Gasteiger partial charge in [-0.25, -0.2) is 0 Å². The van der Waals surface area contributed by atoms with E-state index in [0.29, 0.717) is 17.4 Å². The van der Waals surface area contributed by atoms with Crippen molar-refractivity contribution in [3.05, 3.63) is 0 Å². The van der Waals surface area contributed by atoms with Crippen molar-refractivity contribution in [1.82, 2.24) is 0 Å². The molecule has 0 saturated heterocycles. The lowest BCUT2D eigenvalue weighted by atomic mass is 10.0. The molecule has 2 unspecified atom stereocenters. The molecule has 0 aliphatic rings. The fraction of sp³-hybridized carbons (Fsp3) is 0.786. The van der Waals surface area contributed by atoms with Crippen molar-refractivity contribution in [3.8, 4) is 0 Å². The van der Waals surface area contributed by atoms with Crippen molar-refractivity contribution >= 4 is 18.2 Å². The number of ether oxygens (including phenoxy) is 1. The lowest BCUT2D eigenvalue weighted by Gasteiger charge is -2.29. The zero-order valence-electron chi connectivity index (χ0n) is 12.7. The Morgan fingerprint density at radius 3 is 2.30 bits per heavy atom. The number of hydrogen-bond acceptors (Lipinski definition) is 5. The van der Waals surface area contributed by atoms with E-state index >= 15 is 0 Å². The number of carbonyl (C=O) groups excluding carboxylic acids is 3. The highest BCUT2D eigenvalue weighted by Gasteiger charge is 2.23. The van der Waals surface area contributed by atoms with Gasteiger partial charge in [0.1, 0.15) is 6.54 Å². The summed E-state index contributed by atoms with van der Waals surface area (Å²) in [4.78, 5) is 32.6. The molecule has 0 bridgehead atoms. The smallest absolute Gasteiger partial charge is 0.306 e. The van der Waals surface area contributed by atoms with Crippen LogP contribution in [0.25, 0.3) is 0 Å².